The van der Waals surface area contributed by atoms with Crippen LogP contribution in [0.4, 0.5) is 18.9 Å². The van der Waals surface area contributed by atoms with Crippen molar-refractivity contribution in [3.05, 3.63) is 52.0 Å². The Balaban J connectivity index is 1.70. The quantitative estimate of drug-likeness (QED) is 0.759. The molecule has 29 heavy (non-hydrogen) atoms. The number of rotatable bonds is 3. The first-order valence-corrected chi connectivity index (χ1v) is 8.72. The molecule has 11 heteroatoms. The molecule has 0 radical (unpaired) electrons. The lowest BCUT2D eigenvalue weighted by Gasteiger charge is -2.34. The molecular formula is C18H18F3N5O3. The number of aryl methyl sites for hydroxylation is 1. The molecular weight excluding hydrogens is 391 g/mol. The van der Waals surface area contributed by atoms with Crippen molar-refractivity contribution in [2.24, 2.45) is 0 Å². The van der Waals surface area contributed by atoms with Gasteiger partial charge in [-0.3, -0.25) is 23.9 Å². The van der Waals surface area contributed by atoms with Gasteiger partial charge in [-0.1, -0.05) is 0 Å². The molecule has 154 valence electrons. The number of hydrogen-bond acceptors (Lipinski definition) is 5. The van der Waals surface area contributed by atoms with Gasteiger partial charge in [-0.05, 0) is 26.0 Å². The van der Waals surface area contributed by atoms with Gasteiger partial charge in [-0.25, -0.2) is 4.98 Å². The Morgan fingerprint density at radius 2 is 1.90 bits per heavy atom. The molecule has 2 aromatic heterocycles. The molecule has 0 aliphatic carbocycles. The Hall–Kier alpha value is -3.24. The Labute approximate surface area is 163 Å². The number of halogens is 3. The summed E-state index contributed by atoms with van der Waals surface area (Å²) in [6.07, 6.45) is -2.36. The van der Waals surface area contributed by atoms with Crippen LogP contribution in [0.3, 0.4) is 0 Å². The third kappa shape index (κ3) is 4.28. The van der Waals surface area contributed by atoms with Gasteiger partial charge in [-0.15, -0.1) is 0 Å². The highest BCUT2D eigenvalue weighted by Gasteiger charge is 2.34. The number of aromatic nitrogens is 3. The summed E-state index contributed by atoms with van der Waals surface area (Å²) in [5.41, 5.74) is -0.369. The molecule has 0 spiro atoms. The van der Waals surface area contributed by atoms with Crippen LogP contribution in [0.5, 0.6) is 0 Å². The maximum atomic E-state index is 12.8. The first kappa shape index (κ1) is 20.5. The van der Waals surface area contributed by atoms with Crippen LogP contribution in [0.1, 0.15) is 17.0 Å². The summed E-state index contributed by atoms with van der Waals surface area (Å²) in [5, 5.41) is 0. The number of anilines is 1. The topological polar surface area (TPSA) is 88.4 Å². The van der Waals surface area contributed by atoms with Crippen molar-refractivity contribution >= 4 is 17.5 Å². The summed E-state index contributed by atoms with van der Waals surface area (Å²) in [7, 11) is 0. The third-order valence-electron chi connectivity index (χ3n) is 4.74. The number of amides is 2. The van der Waals surface area contributed by atoms with E-state index < -0.39 is 23.7 Å². The van der Waals surface area contributed by atoms with Crippen LogP contribution in [-0.2, 0) is 22.3 Å². The van der Waals surface area contributed by atoms with E-state index in [-0.39, 0.29) is 37.4 Å². The highest BCUT2D eigenvalue weighted by Crippen LogP contribution is 2.30. The van der Waals surface area contributed by atoms with Gasteiger partial charge in [0.25, 0.3) is 5.56 Å². The molecule has 3 rings (SSSR count). The van der Waals surface area contributed by atoms with E-state index >= 15 is 0 Å². The second-order valence-corrected chi connectivity index (χ2v) is 6.65. The average molecular weight is 409 g/mol. The van der Waals surface area contributed by atoms with Crippen LogP contribution >= 0.6 is 0 Å². The van der Waals surface area contributed by atoms with E-state index in [1.165, 1.54) is 26.8 Å². The molecule has 0 unspecified atom stereocenters. The van der Waals surface area contributed by atoms with E-state index in [9.17, 15) is 27.6 Å². The molecule has 2 aromatic rings. The molecule has 1 fully saturated rings. The Bertz CT molecular complexity index is 1020. The zero-order valence-electron chi connectivity index (χ0n) is 15.7. The molecule has 0 N–H and O–H groups in total. The van der Waals surface area contributed by atoms with Crippen molar-refractivity contribution in [2.45, 2.75) is 26.6 Å². The highest BCUT2D eigenvalue weighted by atomic mass is 19.4. The Morgan fingerprint density at radius 3 is 2.55 bits per heavy atom. The van der Waals surface area contributed by atoms with Crippen molar-refractivity contribution in [3.63, 3.8) is 0 Å². The number of pyridine rings is 1. The lowest BCUT2D eigenvalue weighted by molar-refractivity contribution is -0.141. The van der Waals surface area contributed by atoms with E-state index in [0.29, 0.717) is 11.3 Å². The molecule has 0 bridgehead atoms. The minimum atomic E-state index is -4.62. The average Bonchev–Trinajstić information content (AvgIpc) is 2.67. The van der Waals surface area contributed by atoms with Gasteiger partial charge in [0.1, 0.15) is 18.8 Å². The second kappa shape index (κ2) is 7.64. The molecule has 0 saturated carbocycles. The number of carbonyl (C=O) groups excluding carboxylic acids is 2. The maximum Gasteiger partial charge on any atom is 0.433 e. The first-order valence-electron chi connectivity index (χ1n) is 8.72. The van der Waals surface area contributed by atoms with Crippen LogP contribution in [0.15, 0.2) is 29.5 Å². The van der Waals surface area contributed by atoms with Crippen LogP contribution in [-0.4, -0.2) is 50.9 Å². The summed E-state index contributed by atoms with van der Waals surface area (Å²) in [5.74, 6) is -0.967. The first-order chi connectivity index (χ1) is 13.6. The minimum Gasteiger partial charge on any atom is -0.330 e. The predicted octanol–water partition coefficient (Wildman–Crippen LogP) is 1.15. The van der Waals surface area contributed by atoms with Gasteiger partial charge in [0.2, 0.25) is 11.8 Å². The van der Waals surface area contributed by atoms with E-state index in [4.69, 9.17) is 0 Å². The second-order valence-electron chi connectivity index (χ2n) is 6.65. The Kier molecular flexibility index (Phi) is 5.40. The summed E-state index contributed by atoms with van der Waals surface area (Å²) in [6, 6.07) is 2.11. The normalized spacial score (nSPS) is 15.0. The minimum absolute atomic E-state index is 0.0337. The van der Waals surface area contributed by atoms with Crippen LogP contribution < -0.4 is 10.5 Å². The summed E-state index contributed by atoms with van der Waals surface area (Å²) in [4.78, 5) is 46.9. The van der Waals surface area contributed by atoms with Gasteiger partial charge in [0, 0.05) is 36.2 Å². The lowest BCUT2D eigenvalue weighted by Crippen LogP contribution is -2.53. The Morgan fingerprint density at radius 1 is 1.17 bits per heavy atom. The van der Waals surface area contributed by atoms with E-state index in [2.05, 4.69) is 9.97 Å². The molecule has 8 nitrogen and oxygen atoms in total. The largest absolute Gasteiger partial charge is 0.433 e. The zero-order chi connectivity index (χ0) is 21.3. The van der Waals surface area contributed by atoms with Gasteiger partial charge in [-0.2, -0.15) is 13.2 Å². The number of hydrogen-bond donors (Lipinski definition) is 0. The van der Waals surface area contributed by atoms with Crippen molar-refractivity contribution < 1.29 is 22.8 Å². The van der Waals surface area contributed by atoms with Gasteiger partial charge < -0.3 is 9.80 Å². The fraction of sp³-hybridized carbons (Fsp3) is 0.389. The maximum absolute atomic E-state index is 12.8. The smallest absolute Gasteiger partial charge is 0.330 e. The number of alkyl halides is 3. The van der Waals surface area contributed by atoms with Crippen LogP contribution in [0, 0.1) is 13.8 Å². The third-order valence-corrected chi connectivity index (χ3v) is 4.74. The lowest BCUT2D eigenvalue weighted by atomic mass is 10.2. The molecule has 0 aromatic carbocycles. The summed E-state index contributed by atoms with van der Waals surface area (Å²) in [6.45, 7) is 2.89. The summed E-state index contributed by atoms with van der Waals surface area (Å²) < 4.78 is 39.7. The molecule has 0 atom stereocenters. The highest BCUT2D eigenvalue weighted by molar-refractivity contribution is 5.97. The van der Waals surface area contributed by atoms with Crippen LogP contribution in [0.25, 0.3) is 0 Å². The van der Waals surface area contributed by atoms with E-state index in [0.717, 1.165) is 12.3 Å². The molecule has 1 aliphatic heterocycles. The standard InChI is InChI=1S/C18H18F3N5O3/c1-11-12(2)23-10-25(17(11)29)8-15(27)24-5-6-26(16(28)9-24)13-3-4-22-14(7-13)18(19,20)21/h3-4,7,10H,5-6,8-9H2,1-2H3. The summed E-state index contributed by atoms with van der Waals surface area (Å²) >= 11 is 0. The van der Waals surface area contributed by atoms with Gasteiger partial charge in [0.05, 0.1) is 6.33 Å². The van der Waals surface area contributed by atoms with E-state index in [1.807, 2.05) is 0 Å². The predicted molar refractivity (Wildman–Crippen MR) is 96.1 cm³/mol. The number of piperazine rings is 1. The molecule has 1 saturated heterocycles. The van der Waals surface area contributed by atoms with Gasteiger partial charge in [0.15, 0.2) is 0 Å². The van der Waals surface area contributed by atoms with Crippen molar-refractivity contribution in [1.82, 2.24) is 19.4 Å². The number of nitrogens with zero attached hydrogens (tertiary/aromatic N) is 5. The SMILES string of the molecule is Cc1ncn(CC(=O)N2CCN(c3ccnc(C(F)(F)F)c3)C(=O)C2)c(=O)c1C. The molecule has 3 heterocycles. The molecule has 1 aliphatic rings. The molecule has 2 amide bonds. The fourth-order valence-corrected chi connectivity index (χ4v) is 2.94. The number of carbonyl (C=O) groups is 2. The van der Waals surface area contributed by atoms with Crippen molar-refractivity contribution in [2.75, 3.05) is 24.5 Å². The van der Waals surface area contributed by atoms with Crippen molar-refractivity contribution in [1.29, 1.82) is 0 Å². The van der Waals surface area contributed by atoms with Crippen molar-refractivity contribution in [3.8, 4) is 0 Å². The van der Waals surface area contributed by atoms with Gasteiger partial charge >= 0.3 is 6.18 Å². The monoisotopic (exact) mass is 409 g/mol. The fourth-order valence-electron chi connectivity index (χ4n) is 2.94. The van der Waals surface area contributed by atoms with Crippen LogP contribution in [0.2, 0.25) is 0 Å². The zero-order valence-corrected chi connectivity index (χ0v) is 15.7. The van der Waals surface area contributed by atoms with E-state index in [1.54, 1.807) is 13.8 Å².